The third-order valence-electron chi connectivity index (χ3n) is 2.11. The molecular formula is C10H10O2S4. The van der Waals surface area contributed by atoms with Crippen molar-refractivity contribution in [1.82, 2.24) is 0 Å². The summed E-state index contributed by atoms with van der Waals surface area (Å²) in [6.45, 7) is 6.07. The van der Waals surface area contributed by atoms with E-state index in [0.717, 1.165) is 9.14 Å². The Labute approximate surface area is 111 Å². The Morgan fingerprint density at radius 1 is 0.875 bits per heavy atom. The SMILES string of the molecule is CC1=C(C)SC(=C2SC(C)=C(C(=O)O)S2)S1. The molecule has 0 aliphatic carbocycles. The summed E-state index contributed by atoms with van der Waals surface area (Å²) >= 11 is 6.45. The zero-order valence-electron chi connectivity index (χ0n) is 8.99. The lowest BCUT2D eigenvalue weighted by Gasteiger charge is -2.00. The van der Waals surface area contributed by atoms with Gasteiger partial charge in [-0.1, -0.05) is 47.0 Å². The van der Waals surface area contributed by atoms with Crippen LogP contribution in [-0.2, 0) is 4.79 Å². The van der Waals surface area contributed by atoms with Gasteiger partial charge in [-0.15, -0.1) is 0 Å². The van der Waals surface area contributed by atoms with Crippen LogP contribution in [0, 0.1) is 0 Å². The van der Waals surface area contributed by atoms with Crippen molar-refractivity contribution >= 4 is 53.0 Å². The minimum Gasteiger partial charge on any atom is -0.477 e. The maximum Gasteiger partial charge on any atom is 0.343 e. The van der Waals surface area contributed by atoms with Gasteiger partial charge in [-0.25, -0.2) is 4.79 Å². The van der Waals surface area contributed by atoms with Crippen molar-refractivity contribution in [3.63, 3.8) is 0 Å². The molecule has 0 atom stereocenters. The summed E-state index contributed by atoms with van der Waals surface area (Å²) in [5, 5.41) is 9.01. The molecule has 1 N–H and O–H groups in total. The fourth-order valence-electron chi connectivity index (χ4n) is 1.17. The molecule has 0 saturated carbocycles. The number of carbonyl (C=O) groups is 1. The molecule has 6 heteroatoms. The first-order valence-corrected chi connectivity index (χ1v) is 7.83. The van der Waals surface area contributed by atoms with Crippen LogP contribution < -0.4 is 0 Å². The van der Waals surface area contributed by atoms with Crippen molar-refractivity contribution < 1.29 is 9.90 Å². The largest absolute Gasteiger partial charge is 0.477 e. The van der Waals surface area contributed by atoms with Crippen LogP contribution in [0.2, 0.25) is 0 Å². The second-order valence-electron chi connectivity index (χ2n) is 3.29. The minimum absolute atomic E-state index is 0.468. The van der Waals surface area contributed by atoms with Crippen LogP contribution in [0.15, 0.2) is 28.1 Å². The van der Waals surface area contributed by atoms with Gasteiger partial charge in [-0.3, -0.25) is 0 Å². The minimum atomic E-state index is -0.819. The van der Waals surface area contributed by atoms with Crippen LogP contribution in [0.5, 0.6) is 0 Å². The smallest absolute Gasteiger partial charge is 0.343 e. The van der Waals surface area contributed by atoms with Gasteiger partial charge >= 0.3 is 5.97 Å². The van der Waals surface area contributed by atoms with Gasteiger partial charge in [-0.05, 0) is 30.6 Å². The summed E-state index contributed by atoms with van der Waals surface area (Å²) < 4.78 is 2.33. The molecular weight excluding hydrogens is 280 g/mol. The molecule has 2 heterocycles. The Hall–Kier alpha value is 0.0900. The Morgan fingerprint density at radius 3 is 1.75 bits per heavy atom. The molecule has 2 nitrogen and oxygen atoms in total. The lowest BCUT2D eigenvalue weighted by Crippen LogP contribution is -1.94. The van der Waals surface area contributed by atoms with E-state index in [-0.39, 0.29) is 0 Å². The molecule has 0 bridgehead atoms. The molecule has 0 aromatic rings. The van der Waals surface area contributed by atoms with E-state index in [0.29, 0.717) is 4.91 Å². The Balaban J connectivity index is 2.19. The van der Waals surface area contributed by atoms with E-state index in [9.17, 15) is 4.79 Å². The standard InChI is InChI=1S/C10H10O2S4/c1-4-5(2)14-9(13-4)10-15-6(3)7(16-10)8(11)12/h1-3H3,(H,11,12). The highest BCUT2D eigenvalue weighted by molar-refractivity contribution is 8.34. The average Bonchev–Trinajstić information content (AvgIpc) is 2.71. The number of carboxylic acid groups (broad SMARTS) is 1. The lowest BCUT2D eigenvalue weighted by atomic mass is 10.5. The number of carboxylic acids is 1. The molecule has 2 aliphatic rings. The zero-order valence-corrected chi connectivity index (χ0v) is 12.3. The van der Waals surface area contributed by atoms with Crippen LogP contribution in [0.1, 0.15) is 20.8 Å². The molecule has 2 aliphatic heterocycles. The van der Waals surface area contributed by atoms with Gasteiger partial charge in [0.25, 0.3) is 0 Å². The van der Waals surface area contributed by atoms with Crippen molar-refractivity contribution in [2.45, 2.75) is 20.8 Å². The van der Waals surface area contributed by atoms with Crippen molar-refractivity contribution in [3.05, 3.63) is 28.1 Å². The van der Waals surface area contributed by atoms with Gasteiger partial charge in [0.2, 0.25) is 0 Å². The van der Waals surface area contributed by atoms with E-state index in [1.54, 1.807) is 35.3 Å². The van der Waals surface area contributed by atoms with E-state index in [1.807, 2.05) is 6.92 Å². The number of aliphatic carboxylic acids is 1. The fraction of sp³-hybridized carbons (Fsp3) is 0.300. The fourth-order valence-corrected chi connectivity index (χ4v) is 6.43. The Bertz CT molecular complexity index is 443. The molecule has 0 radical (unpaired) electrons. The van der Waals surface area contributed by atoms with Crippen LogP contribution in [0.4, 0.5) is 0 Å². The highest BCUT2D eigenvalue weighted by Gasteiger charge is 2.28. The van der Waals surface area contributed by atoms with Crippen LogP contribution >= 0.6 is 47.0 Å². The number of allylic oxidation sites excluding steroid dienone is 3. The predicted molar refractivity (Wildman–Crippen MR) is 76.1 cm³/mol. The summed E-state index contributed by atoms with van der Waals surface area (Å²) in [6.07, 6.45) is 0. The second kappa shape index (κ2) is 4.76. The molecule has 0 spiro atoms. The molecule has 0 fully saturated rings. The lowest BCUT2D eigenvalue weighted by molar-refractivity contribution is -0.131. The summed E-state index contributed by atoms with van der Waals surface area (Å²) in [5.41, 5.74) is 0. The first-order valence-electron chi connectivity index (χ1n) is 4.56. The number of rotatable bonds is 1. The van der Waals surface area contributed by atoms with Crippen molar-refractivity contribution in [2.75, 3.05) is 0 Å². The normalized spacial score (nSPS) is 21.4. The van der Waals surface area contributed by atoms with E-state index in [2.05, 4.69) is 13.8 Å². The van der Waals surface area contributed by atoms with Gasteiger partial charge in [0.15, 0.2) is 0 Å². The monoisotopic (exact) mass is 290 g/mol. The number of hydrogen-bond donors (Lipinski definition) is 1. The van der Waals surface area contributed by atoms with Gasteiger partial charge in [-0.2, -0.15) is 0 Å². The maximum absolute atomic E-state index is 11.0. The molecule has 86 valence electrons. The van der Waals surface area contributed by atoms with Crippen molar-refractivity contribution in [2.24, 2.45) is 0 Å². The third-order valence-corrected chi connectivity index (χ3v) is 7.86. The van der Waals surface area contributed by atoms with Crippen LogP contribution in [0.25, 0.3) is 0 Å². The molecule has 16 heavy (non-hydrogen) atoms. The Kier molecular flexibility index (Phi) is 3.73. The summed E-state index contributed by atoms with van der Waals surface area (Å²) in [4.78, 5) is 15.0. The summed E-state index contributed by atoms with van der Waals surface area (Å²) in [5.74, 6) is -0.819. The zero-order chi connectivity index (χ0) is 11.9. The number of thioether (sulfide) groups is 4. The van der Waals surface area contributed by atoms with Crippen molar-refractivity contribution in [3.8, 4) is 0 Å². The molecule has 0 saturated heterocycles. The highest BCUT2D eigenvalue weighted by Crippen LogP contribution is 2.59. The summed E-state index contributed by atoms with van der Waals surface area (Å²) in [6, 6.07) is 0. The van der Waals surface area contributed by atoms with E-state index in [1.165, 1.54) is 25.8 Å². The first-order chi connectivity index (χ1) is 7.49. The molecule has 0 unspecified atom stereocenters. The van der Waals surface area contributed by atoms with Gasteiger partial charge in [0, 0.05) is 4.91 Å². The van der Waals surface area contributed by atoms with Crippen LogP contribution in [-0.4, -0.2) is 11.1 Å². The summed E-state index contributed by atoms with van der Waals surface area (Å²) in [7, 11) is 0. The van der Waals surface area contributed by atoms with E-state index in [4.69, 9.17) is 5.11 Å². The predicted octanol–water partition coefficient (Wildman–Crippen LogP) is 4.64. The van der Waals surface area contributed by atoms with E-state index >= 15 is 0 Å². The molecule has 0 amide bonds. The molecule has 0 aromatic heterocycles. The van der Waals surface area contributed by atoms with E-state index < -0.39 is 5.97 Å². The maximum atomic E-state index is 11.0. The van der Waals surface area contributed by atoms with Gasteiger partial charge in [0.05, 0.1) is 8.47 Å². The van der Waals surface area contributed by atoms with Crippen molar-refractivity contribution in [1.29, 1.82) is 0 Å². The number of hydrogen-bond acceptors (Lipinski definition) is 5. The average molecular weight is 290 g/mol. The topological polar surface area (TPSA) is 37.3 Å². The third kappa shape index (κ3) is 2.34. The second-order valence-corrected chi connectivity index (χ2v) is 8.50. The molecule has 2 rings (SSSR count). The highest BCUT2D eigenvalue weighted by atomic mass is 32.2. The Morgan fingerprint density at radius 2 is 1.31 bits per heavy atom. The van der Waals surface area contributed by atoms with Gasteiger partial charge < -0.3 is 5.11 Å². The first kappa shape index (κ1) is 12.5. The quantitative estimate of drug-likeness (QED) is 0.758. The molecule has 0 aromatic carbocycles. The van der Waals surface area contributed by atoms with Gasteiger partial charge in [0.1, 0.15) is 4.91 Å². The van der Waals surface area contributed by atoms with Crippen LogP contribution in [0.3, 0.4) is 0 Å².